The molecule has 15 heavy (non-hydrogen) atoms. The lowest BCUT2D eigenvalue weighted by molar-refractivity contribution is 0.0982. The Bertz CT molecular complexity index is 246. The summed E-state index contributed by atoms with van der Waals surface area (Å²) in [6, 6.07) is 9.90. The lowest BCUT2D eigenvalue weighted by atomic mass is 10.3. The van der Waals surface area contributed by atoms with Crippen molar-refractivity contribution in [3.8, 4) is 5.75 Å². The number of para-hydroxylation sites is 1. The predicted octanol–water partition coefficient (Wildman–Crippen LogP) is 3.27. The zero-order valence-corrected chi connectivity index (χ0v) is 9.61. The second kappa shape index (κ2) is 7.30. The largest absolute Gasteiger partial charge is 0.491 e. The van der Waals surface area contributed by atoms with Gasteiger partial charge in [0.25, 0.3) is 0 Å². The Labute approximate surface area is 92.2 Å². The smallest absolute Gasteiger partial charge is 0.119 e. The fraction of sp³-hybridized carbons (Fsp3) is 0.538. The molecule has 1 rings (SSSR count). The molecule has 0 N–H and O–H groups in total. The minimum atomic E-state index is 0.212. The lowest BCUT2D eigenvalue weighted by Crippen LogP contribution is -2.14. The maximum Gasteiger partial charge on any atom is 0.119 e. The van der Waals surface area contributed by atoms with E-state index in [2.05, 4.69) is 13.8 Å². The third-order valence-electron chi connectivity index (χ3n) is 2.10. The van der Waals surface area contributed by atoms with E-state index in [9.17, 15) is 0 Å². The Kier molecular flexibility index (Phi) is 5.86. The summed E-state index contributed by atoms with van der Waals surface area (Å²) in [6.07, 6.45) is 2.23. The molecule has 0 aromatic heterocycles. The first-order chi connectivity index (χ1) is 7.33. The van der Waals surface area contributed by atoms with E-state index in [0.29, 0.717) is 0 Å². The van der Waals surface area contributed by atoms with Crippen LogP contribution in [0.25, 0.3) is 0 Å². The van der Waals surface area contributed by atoms with Crippen LogP contribution in [-0.4, -0.2) is 19.3 Å². The summed E-state index contributed by atoms with van der Waals surface area (Å²) in [4.78, 5) is 0. The topological polar surface area (TPSA) is 18.5 Å². The van der Waals surface area contributed by atoms with E-state index in [0.717, 1.165) is 31.8 Å². The molecule has 0 saturated heterocycles. The Morgan fingerprint density at radius 2 is 1.87 bits per heavy atom. The van der Waals surface area contributed by atoms with Gasteiger partial charge in [-0.05, 0) is 25.5 Å². The van der Waals surface area contributed by atoms with Crippen molar-refractivity contribution in [2.75, 3.05) is 13.2 Å². The summed E-state index contributed by atoms with van der Waals surface area (Å²) in [6.45, 7) is 5.81. The van der Waals surface area contributed by atoms with E-state index in [4.69, 9.17) is 9.47 Å². The molecule has 0 amide bonds. The number of ether oxygens (including phenoxy) is 2. The van der Waals surface area contributed by atoms with Crippen LogP contribution in [0.2, 0.25) is 0 Å². The summed E-state index contributed by atoms with van der Waals surface area (Å²) in [5.41, 5.74) is 0. The van der Waals surface area contributed by atoms with Gasteiger partial charge in [-0.1, -0.05) is 25.1 Å². The summed E-state index contributed by atoms with van der Waals surface area (Å²) < 4.78 is 11.1. The normalized spacial score (nSPS) is 12.4. The molecule has 0 aliphatic heterocycles. The van der Waals surface area contributed by atoms with E-state index < -0.39 is 0 Å². The van der Waals surface area contributed by atoms with Crippen molar-refractivity contribution in [3.05, 3.63) is 30.3 Å². The van der Waals surface area contributed by atoms with Crippen molar-refractivity contribution in [2.45, 2.75) is 32.8 Å². The first-order valence-electron chi connectivity index (χ1n) is 5.62. The average Bonchev–Trinajstić information content (AvgIpc) is 2.26. The van der Waals surface area contributed by atoms with Crippen molar-refractivity contribution in [1.82, 2.24) is 0 Å². The summed E-state index contributed by atoms with van der Waals surface area (Å²) in [7, 11) is 0. The van der Waals surface area contributed by atoms with Gasteiger partial charge in [-0.3, -0.25) is 0 Å². The van der Waals surface area contributed by atoms with Gasteiger partial charge in [0, 0.05) is 13.0 Å². The first-order valence-corrected chi connectivity index (χ1v) is 5.62. The molecule has 1 unspecified atom stereocenters. The van der Waals surface area contributed by atoms with Gasteiger partial charge in [0.1, 0.15) is 5.75 Å². The molecule has 2 heteroatoms. The molecular formula is C13H20O2. The Morgan fingerprint density at radius 3 is 2.53 bits per heavy atom. The summed E-state index contributed by atoms with van der Waals surface area (Å²) in [5, 5.41) is 0. The van der Waals surface area contributed by atoms with Crippen molar-refractivity contribution < 1.29 is 9.47 Å². The molecule has 0 saturated carbocycles. The SMILES string of the molecule is CCCOCCC(C)Oc1ccccc1. The Hall–Kier alpha value is -1.02. The molecule has 0 spiro atoms. The van der Waals surface area contributed by atoms with Crippen LogP contribution in [0, 0.1) is 0 Å². The Morgan fingerprint density at radius 1 is 1.13 bits per heavy atom. The average molecular weight is 208 g/mol. The third-order valence-corrected chi connectivity index (χ3v) is 2.10. The highest BCUT2D eigenvalue weighted by atomic mass is 16.5. The van der Waals surface area contributed by atoms with Crippen LogP contribution in [0.1, 0.15) is 26.7 Å². The third kappa shape index (κ3) is 5.43. The lowest BCUT2D eigenvalue weighted by Gasteiger charge is -2.14. The van der Waals surface area contributed by atoms with Gasteiger partial charge >= 0.3 is 0 Å². The number of benzene rings is 1. The fourth-order valence-corrected chi connectivity index (χ4v) is 1.29. The minimum absolute atomic E-state index is 0.212. The minimum Gasteiger partial charge on any atom is -0.491 e. The van der Waals surface area contributed by atoms with E-state index in [1.165, 1.54) is 0 Å². The molecule has 2 nitrogen and oxygen atoms in total. The molecule has 1 aromatic carbocycles. The monoisotopic (exact) mass is 208 g/mol. The zero-order chi connectivity index (χ0) is 10.9. The van der Waals surface area contributed by atoms with Crippen LogP contribution in [-0.2, 0) is 4.74 Å². The zero-order valence-electron chi connectivity index (χ0n) is 9.61. The molecule has 0 radical (unpaired) electrons. The molecule has 0 heterocycles. The van der Waals surface area contributed by atoms with Crippen LogP contribution in [0.3, 0.4) is 0 Å². The van der Waals surface area contributed by atoms with Gasteiger partial charge < -0.3 is 9.47 Å². The van der Waals surface area contributed by atoms with Gasteiger partial charge in [0.15, 0.2) is 0 Å². The van der Waals surface area contributed by atoms with Crippen molar-refractivity contribution in [2.24, 2.45) is 0 Å². The highest BCUT2D eigenvalue weighted by molar-refractivity contribution is 5.21. The van der Waals surface area contributed by atoms with Gasteiger partial charge in [-0.25, -0.2) is 0 Å². The number of hydrogen-bond donors (Lipinski definition) is 0. The van der Waals surface area contributed by atoms with Gasteiger partial charge in [0.05, 0.1) is 12.7 Å². The van der Waals surface area contributed by atoms with Crippen LogP contribution in [0.15, 0.2) is 30.3 Å². The fourth-order valence-electron chi connectivity index (χ4n) is 1.29. The highest BCUT2D eigenvalue weighted by Crippen LogP contribution is 2.12. The van der Waals surface area contributed by atoms with Crippen LogP contribution < -0.4 is 4.74 Å². The van der Waals surface area contributed by atoms with E-state index in [1.807, 2.05) is 30.3 Å². The molecule has 1 aromatic rings. The summed E-state index contributed by atoms with van der Waals surface area (Å²) in [5.74, 6) is 0.931. The van der Waals surface area contributed by atoms with Gasteiger partial charge in [-0.2, -0.15) is 0 Å². The van der Waals surface area contributed by atoms with Crippen molar-refractivity contribution >= 4 is 0 Å². The highest BCUT2D eigenvalue weighted by Gasteiger charge is 2.02. The Balaban J connectivity index is 2.16. The van der Waals surface area contributed by atoms with Crippen LogP contribution in [0.4, 0.5) is 0 Å². The standard InChI is InChI=1S/C13H20O2/c1-3-10-14-11-9-12(2)15-13-7-5-4-6-8-13/h4-8,12H,3,9-11H2,1-2H3. The molecule has 0 aliphatic rings. The molecule has 1 atom stereocenters. The summed E-state index contributed by atoms with van der Waals surface area (Å²) >= 11 is 0. The molecule has 84 valence electrons. The van der Waals surface area contributed by atoms with Crippen LogP contribution >= 0.6 is 0 Å². The van der Waals surface area contributed by atoms with E-state index in [-0.39, 0.29) is 6.10 Å². The van der Waals surface area contributed by atoms with Gasteiger partial charge in [0.2, 0.25) is 0 Å². The molecular weight excluding hydrogens is 188 g/mol. The molecule has 0 bridgehead atoms. The maximum atomic E-state index is 5.71. The predicted molar refractivity (Wildman–Crippen MR) is 62.3 cm³/mol. The van der Waals surface area contributed by atoms with E-state index >= 15 is 0 Å². The number of rotatable bonds is 7. The van der Waals surface area contributed by atoms with Crippen LogP contribution in [0.5, 0.6) is 5.75 Å². The first kappa shape index (κ1) is 12.1. The second-order valence-corrected chi connectivity index (χ2v) is 3.64. The second-order valence-electron chi connectivity index (χ2n) is 3.64. The van der Waals surface area contributed by atoms with E-state index in [1.54, 1.807) is 0 Å². The quantitative estimate of drug-likeness (QED) is 0.640. The van der Waals surface area contributed by atoms with Crippen molar-refractivity contribution in [3.63, 3.8) is 0 Å². The van der Waals surface area contributed by atoms with Crippen molar-refractivity contribution in [1.29, 1.82) is 0 Å². The molecule has 0 fully saturated rings. The maximum absolute atomic E-state index is 5.71. The number of hydrogen-bond acceptors (Lipinski definition) is 2. The van der Waals surface area contributed by atoms with Gasteiger partial charge in [-0.15, -0.1) is 0 Å². The molecule has 0 aliphatic carbocycles.